The van der Waals surface area contributed by atoms with Crippen molar-refractivity contribution in [3.05, 3.63) is 29.3 Å². The lowest BCUT2D eigenvalue weighted by atomic mass is 10.1. The summed E-state index contributed by atoms with van der Waals surface area (Å²) >= 11 is 1.05. The van der Waals surface area contributed by atoms with Gasteiger partial charge >= 0.3 is 0 Å². The van der Waals surface area contributed by atoms with Crippen molar-refractivity contribution in [1.82, 2.24) is 14.8 Å². The van der Waals surface area contributed by atoms with Crippen LogP contribution in [0.1, 0.15) is 15.9 Å². The van der Waals surface area contributed by atoms with Crippen molar-refractivity contribution in [2.75, 3.05) is 17.2 Å². The summed E-state index contributed by atoms with van der Waals surface area (Å²) in [6.45, 7) is 0.931. The summed E-state index contributed by atoms with van der Waals surface area (Å²) in [5.74, 6) is -0.182. The van der Waals surface area contributed by atoms with Crippen LogP contribution >= 0.6 is 11.5 Å². The van der Waals surface area contributed by atoms with Gasteiger partial charge in [-0.2, -0.15) is 0 Å². The van der Waals surface area contributed by atoms with E-state index in [1.807, 2.05) is 12.1 Å². The van der Waals surface area contributed by atoms with Gasteiger partial charge in [-0.1, -0.05) is 9.59 Å². The van der Waals surface area contributed by atoms with Crippen LogP contribution in [0.15, 0.2) is 18.2 Å². The molecule has 1 amide bonds. The summed E-state index contributed by atoms with van der Waals surface area (Å²) in [6.07, 6.45) is 0.955. The van der Waals surface area contributed by atoms with Crippen LogP contribution in [0.4, 0.5) is 10.8 Å². The van der Waals surface area contributed by atoms with E-state index < -0.39 is 0 Å². The zero-order valence-electron chi connectivity index (χ0n) is 8.80. The molecule has 2 aromatic rings. The van der Waals surface area contributed by atoms with Crippen LogP contribution in [-0.4, -0.2) is 27.3 Å². The molecular weight excluding hydrogens is 238 g/mol. The van der Waals surface area contributed by atoms with E-state index in [0.717, 1.165) is 30.2 Å². The van der Waals surface area contributed by atoms with Crippen molar-refractivity contribution >= 4 is 28.3 Å². The average molecular weight is 247 g/mol. The highest BCUT2D eigenvalue weighted by Gasteiger charge is 2.14. The molecule has 2 N–H and O–H groups in total. The lowest BCUT2D eigenvalue weighted by Crippen LogP contribution is -2.11. The number of carbonyl (C=O) groups is 1. The maximum atomic E-state index is 11.9. The second-order valence-corrected chi connectivity index (χ2v) is 4.40. The first-order chi connectivity index (χ1) is 8.33. The minimum atomic E-state index is -0.182. The molecule has 0 radical (unpaired) electrons. The topological polar surface area (TPSA) is 79.8 Å². The van der Waals surface area contributed by atoms with Crippen molar-refractivity contribution in [3.8, 4) is 0 Å². The first-order valence-electron chi connectivity index (χ1n) is 5.16. The minimum absolute atomic E-state index is 0.182. The fourth-order valence-electron chi connectivity index (χ4n) is 1.80. The molecule has 1 aromatic carbocycles. The van der Waals surface area contributed by atoms with Crippen molar-refractivity contribution in [2.45, 2.75) is 6.42 Å². The molecule has 0 saturated heterocycles. The smallest absolute Gasteiger partial charge is 0.257 e. The van der Waals surface area contributed by atoms with Crippen LogP contribution in [0, 0.1) is 0 Å². The summed E-state index contributed by atoms with van der Waals surface area (Å²) in [4.78, 5) is 11.9. The second-order valence-electron chi connectivity index (χ2n) is 3.67. The lowest BCUT2D eigenvalue weighted by molar-refractivity contribution is 0.102. The zero-order valence-corrected chi connectivity index (χ0v) is 9.62. The Bertz CT molecular complexity index is 554. The number of anilines is 2. The fourth-order valence-corrected chi connectivity index (χ4v) is 2.16. The highest BCUT2D eigenvalue weighted by atomic mass is 32.1. The van der Waals surface area contributed by atoms with Crippen LogP contribution in [0.5, 0.6) is 0 Å². The summed E-state index contributed by atoms with van der Waals surface area (Å²) < 4.78 is 3.58. The largest absolute Gasteiger partial charge is 0.384 e. The zero-order chi connectivity index (χ0) is 11.7. The Morgan fingerprint density at radius 3 is 3.24 bits per heavy atom. The number of hydrogen-bond donors (Lipinski definition) is 2. The van der Waals surface area contributed by atoms with Gasteiger partial charge in [0.05, 0.1) is 0 Å². The van der Waals surface area contributed by atoms with Crippen molar-refractivity contribution in [3.63, 3.8) is 0 Å². The normalized spacial score (nSPS) is 12.9. The average Bonchev–Trinajstić information content (AvgIpc) is 2.97. The number of benzene rings is 1. The highest BCUT2D eigenvalue weighted by molar-refractivity contribution is 7.09. The first-order valence-corrected chi connectivity index (χ1v) is 5.93. The molecule has 6 nitrogen and oxygen atoms in total. The maximum absolute atomic E-state index is 11.9. The number of carbonyl (C=O) groups excluding carboxylic acids is 1. The van der Waals surface area contributed by atoms with Gasteiger partial charge in [0.2, 0.25) is 5.13 Å². The van der Waals surface area contributed by atoms with Crippen molar-refractivity contribution < 1.29 is 4.79 Å². The molecule has 0 fully saturated rings. The fraction of sp³-hybridized carbons (Fsp3) is 0.200. The van der Waals surface area contributed by atoms with Gasteiger partial charge in [0, 0.05) is 29.3 Å². The summed E-state index contributed by atoms with van der Waals surface area (Å²) in [6, 6.07) is 5.62. The van der Waals surface area contributed by atoms with E-state index in [2.05, 4.69) is 25.4 Å². The van der Waals surface area contributed by atoms with Gasteiger partial charge in [-0.25, -0.2) is 0 Å². The molecule has 0 atom stereocenters. The van der Waals surface area contributed by atoms with E-state index in [0.29, 0.717) is 10.7 Å². The predicted molar refractivity (Wildman–Crippen MR) is 64.3 cm³/mol. The first kappa shape index (κ1) is 10.2. The third kappa shape index (κ3) is 1.96. The molecule has 1 aliphatic rings. The van der Waals surface area contributed by atoms with Crippen LogP contribution in [0.2, 0.25) is 0 Å². The number of fused-ring (bicyclic) bond motifs is 1. The molecule has 17 heavy (non-hydrogen) atoms. The van der Waals surface area contributed by atoms with Crippen LogP contribution in [-0.2, 0) is 6.42 Å². The molecule has 0 saturated carbocycles. The van der Waals surface area contributed by atoms with E-state index in [9.17, 15) is 4.79 Å². The molecule has 7 heteroatoms. The third-order valence-corrected chi connectivity index (χ3v) is 3.11. The molecular formula is C10H9N5OS. The van der Waals surface area contributed by atoms with E-state index in [1.54, 1.807) is 6.07 Å². The molecule has 3 rings (SSSR count). The Hall–Kier alpha value is -2.02. The molecule has 0 unspecified atom stereocenters. The monoisotopic (exact) mass is 247 g/mol. The molecule has 86 valence electrons. The number of aromatic nitrogens is 3. The number of rotatable bonds is 2. The van der Waals surface area contributed by atoms with E-state index >= 15 is 0 Å². The van der Waals surface area contributed by atoms with E-state index in [4.69, 9.17) is 0 Å². The number of amides is 1. The van der Waals surface area contributed by atoms with Crippen LogP contribution in [0.3, 0.4) is 0 Å². The van der Waals surface area contributed by atoms with Gasteiger partial charge in [-0.3, -0.25) is 10.1 Å². The number of nitrogens with zero attached hydrogens (tertiary/aromatic N) is 3. The molecule has 1 aliphatic heterocycles. The van der Waals surface area contributed by atoms with Crippen LogP contribution < -0.4 is 10.6 Å². The Kier molecular flexibility index (Phi) is 2.45. The van der Waals surface area contributed by atoms with Gasteiger partial charge in [-0.05, 0) is 35.4 Å². The minimum Gasteiger partial charge on any atom is -0.384 e. The molecule has 0 bridgehead atoms. The molecule has 0 aliphatic carbocycles. The van der Waals surface area contributed by atoms with Crippen molar-refractivity contribution in [2.24, 2.45) is 0 Å². The Morgan fingerprint density at radius 1 is 1.47 bits per heavy atom. The van der Waals surface area contributed by atoms with Crippen molar-refractivity contribution in [1.29, 1.82) is 0 Å². The Morgan fingerprint density at radius 2 is 2.41 bits per heavy atom. The highest BCUT2D eigenvalue weighted by Crippen LogP contribution is 2.23. The molecule has 0 spiro atoms. The predicted octanol–water partition coefficient (Wildman–Crippen LogP) is 1.15. The third-order valence-electron chi connectivity index (χ3n) is 2.60. The number of nitrogens with one attached hydrogen (secondary N) is 2. The van der Waals surface area contributed by atoms with Gasteiger partial charge in [0.15, 0.2) is 0 Å². The Labute approximate surface area is 101 Å². The molecule has 1 aromatic heterocycles. The van der Waals surface area contributed by atoms with E-state index in [1.165, 1.54) is 5.56 Å². The lowest BCUT2D eigenvalue weighted by Gasteiger charge is -2.03. The summed E-state index contributed by atoms with van der Waals surface area (Å²) in [5.41, 5.74) is 2.91. The maximum Gasteiger partial charge on any atom is 0.257 e. The number of hydrogen-bond acceptors (Lipinski definition) is 6. The summed E-state index contributed by atoms with van der Waals surface area (Å²) in [7, 11) is 0. The van der Waals surface area contributed by atoms with Gasteiger partial charge in [0.1, 0.15) is 0 Å². The standard InChI is InChI=1S/C10H9N5OS/c16-9(12-10-13-14-15-17-10)7-1-2-8-6(5-7)3-4-11-8/h1-2,5,11H,3-4H2,(H,12,13,15,16). The summed E-state index contributed by atoms with van der Waals surface area (Å²) in [5, 5.41) is 13.4. The molecule has 2 heterocycles. The SMILES string of the molecule is O=C(Nc1nnns1)c1ccc2c(c1)CCN2. The van der Waals surface area contributed by atoms with Gasteiger partial charge in [-0.15, -0.1) is 0 Å². The van der Waals surface area contributed by atoms with Crippen LogP contribution in [0.25, 0.3) is 0 Å². The quantitative estimate of drug-likeness (QED) is 0.832. The second kappa shape index (κ2) is 4.10. The van der Waals surface area contributed by atoms with Gasteiger partial charge in [0.25, 0.3) is 5.91 Å². The Balaban J connectivity index is 1.82. The van der Waals surface area contributed by atoms with Gasteiger partial charge < -0.3 is 5.32 Å². The van der Waals surface area contributed by atoms with E-state index in [-0.39, 0.29) is 5.91 Å².